The third-order valence-electron chi connectivity index (χ3n) is 8.60. The molecule has 0 saturated heterocycles. The minimum Gasteiger partial charge on any atom is -0.462 e. The van der Waals surface area contributed by atoms with Gasteiger partial charge in [0, 0.05) is 6.42 Å². The summed E-state index contributed by atoms with van der Waals surface area (Å²) in [5.74, 6) is 4.88. The van der Waals surface area contributed by atoms with E-state index in [9.17, 15) is 4.79 Å². The molecule has 168 valence electrons. The molecule has 0 aliphatic heterocycles. The fourth-order valence-corrected chi connectivity index (χ4v) is 7.00. The summed E-state index contributed by atoms with van der Waals surface area (Å²) in [5, 5.41) is 0. The number of fused-ring (bicyclic) bond motifs is 3. The van der Waals surface area contributed by atoms with Gasteiger partial charge in [-0.25, -0.2) is 0 Å². The standard InChI is InChI=1S/C27H48O2/c1-3-5-7-8-9-10-12-27(28)29-24-16-18-26-23(20-24)15-14-22-19-21(11-6-4-2)13-17-25(22)26/h21-26H,3-20H2,1-2H3/t21-,22?,23?,24-,25?,26?/m1/s1. The van der Waals surface area contributed by atoms with Crippen molar-refractivity contribution in [1.82, 2.24) is 0 Å². The summed E-state index contributed by atoms with van der Waals surface area (Å²) in [6.45, 7) is 4.58. The van der Waals surface area contributed by atoms with Gasteiger partial charge in [0.1, 0.15) is 6.10 Å². The molecule has 0 heterocycles. The summed E-state index contributed by atoms with van der Waals surface area (Å²) >= 11 is 0. The van der Waals surface area contributed by atoms with Gasteiger partial charge in [0.15, 0.2) is 0 Å². The molecule has 29 heavy (non-hydrogen) atoms. The van der Waals surface area contributed by atoms with Crippen molar-refractivity contribution in [3.8, 4) is 0 Å². The number of carbonyl (C=O) groups excluding carboxylic acids is 1. The number of unbranched alkanes of at least 4 members (excludes halogenated alkanes) is 6. The average molecular weight is 405 g/mol. The zero-order chi connectivity index (χ0) is 20.5. The second-order valence-corrected chi connectivity index (χ2v) is 10.7. The zero-order valence-corrected chi connectivity index (χ0v) is 19.5. The molecule has 3 aliphatic rings. The van der Waals surface area contributed by atoms with Gasteiger partial charge in [-0.05, 0) is 81.0 Å². The Balaban J connectivity index is 1.35. The number of rotatable bonds is 11. The first-order chi connectivity index (χ1) is 14.2. The van der Waals surface area contributed by atoms with Crippen molar-refractivity contribution in [3.05, 3.63) is 0 Å². The smallest absolute Gasteiger partial charge is 0.306 e. The van der Waals surface area contributed by atoms with E-state index in [-0.39, 0.29) is 12.1 Å². The minimum atomic E-state index is 0.0778. The monoisotopic (exact) mass is 404 g/mol. The van der Waals surface area contributed by atoms with Crippen LogP contribution in [-0.2, 0) is 9.53 Å². The van der Waals surface area contributed by atoms with Crippen molar-refractivity contribution >= 4 is 5.97 Å². The van der Waals surface area contributed by atoms with Gasteiger partial charge in [-0.2, -0.15) is 0 Å². The van der Waals surface area contributed by atoms with Gasteiger partial charge in [0.2, 0.25) is 0 Å². The molecular weight excluding hydrogens is 356 g/mol. The molecule has 6 atom stereocenters. The average Bonchev–Trinajstić information content (AvgIpc) is 2.74. The summed E-state index contributed by atoms with van der Waals surface area (Å²) in [7, 11) is 0. The third kappa shape index (κ3) is 7.00. The van der Waals surface area contributed by atoms with E-state index in [0.717, 1.165) is 48.9 Å². The molecule has 0 N–H and O–H groups in total. The molecule has 0 bridgehead atoms. The van der Waals surface area contributed by atoms with Crippen LogP contribution in [0.15, 0.2) is 0 Å². The molecule has 3 rings (SSSR count). The van der Waals surface area contributed by atoms with Crippen molar-refractivity contribution in [2.75, 3.05) is 0 Å². The van der Waals surface area contributed by atoms with Gasteiger partial charge in [-0.15, -0.1) is 0 Å². The summed E-state index contributed by atoms with van der Waals surface area (Å²) in [6, 6.07) is 0. The lowest BCUT2D eigenvalue weighted by Gasteiger charge is -2.50. The summed E-state index contributed by atoms with van der Waals surface area (Å²) in [6.07, 6.45) is 23.5. The Kier molecular flexibility index (Phi) is 9.86. The normalized spacial score (nSPS) is 34.3. The molecule has 0 amide bonds. The first-order valence-corrected chi connectivity index (χ1v) is 13.4. The van der Waals surface area contributed by atoms with Gasteiger partial charge in [-0.1, -0.05) is 71.6 Å². The SMILES string of the molecule is CCCCCCCCC(=O)O[C@@H]1CCC2C(CCC3C[C@H](CCCC)CCC32)C1. The minimum absolute atomic E-state index is 0.0778. The number of ether oxygens (including phenoxy) is 1. The van der Waals surface area contributed by atoms with E-state index in [1.165, 1.54) is 89.9 Å². The lowest BCUT2D eigenvalue weighted by atomic mass is 9.56. The highest BCUT2D eigenvalue weighted by Gasteiger charge is 2.44. The topological polar surface area (TPSA) is 26.3 Å². The first-order valence-electron chi connectivity index (χ1n) is 13.4. The molecule has 0 aromatic heterocycles. The zero-order valence-electron chi connectivity index (χ0n) is 19.5. The number of carbonyl (C=O) groups is 1. The van der Waals surface area contributed by atoms with E-state index in [2.05, 4.69) is 13.8 Å². The van der Waals surface area contributed by atoms with Crippen molar-refractivity contribution in [1.29, 1.82) is 0 Å². The molecule has 0 aromatic rings. The van der Waals surface area contributed by atoms with Crippen LogP contribution in [0.5, 0.6) is 0 Å². The van der Waals surface area contributed by atoms with Crippen LogP contribution in [0.2, 0.25) is 0 Å². The Hall–Kier alpha value is -0.530. The molecule has 3 aliphatic carbocycles. The second-order valence-electron chi connectivity index (χ2n) is 10.7. The summed E-state index contributed by atoms with van der Waals surface area (Å²) < 4.78 is 5.93. The predicted molar refractivity (Wildman–Crippen MR) is 122 cm³/mol. The van der Waals surface area contributed by atoms with Gasteiger partial charge in [0.25, 0.3) is 0 Å². The fourth-order valence-electron chi connectivity index (χ4n) is 7.00. The van der Waals surface area contributed by atoms with Crippen LogP contribution in [0.3, 0.4) is 0 Å². The van der Waals surface area contributed by atoms with Crippen molar-refractivity contribution in [3.63, 3.8) is 0 Å². The van der Waals surface area contributed by atoms with Crippen LogP contribution in [0.25, 0.3) is 0 Å². The summed E-state index contributed by atoms with van der Waals surface area (Å²) in [5.41, 5.74) is 0. The van der Waals surface area contributed by atoms with Gasteiger partial charge in [-0.3, -0.25) is 4.79 Å². The number of hydrogen-bond donors (Lipinski definition) is 0. The molecule has 3 fully saturated rings. The van der Waals surface area contributed by atoms with Crippen LogP contribution in [0.4, 0.5) is 0 Å². The Bertz CT molecular complexity index is 473. The second kappa shape index (κ2) is 12.4. The molecule has 0 aromatic carbocycles. The van der Waals surface area contributed by atoms with Gasteiger partial charge in [0.05, 0.1) is 0 Å². The van der Waals surface area contributed by atoms with Crippen LogP contribution < -0.4 is 0 Å². The van der Waals surface area contributed by atoms with E-state index in [0.29, 0.717) is 6.42 Å². The van der Waals surface area contributed by atoms with E-state index in [1.54, 1.807) is 0 Å². The molecule has 0 radical (unpaired) electrons. The quantitative estimate of drug-likeness (QED) is 0.257. The lowest BCUT2D eigenvalue weighted by molar-refractivity contribution is -0.153. The fraction of sp³-hybridized carbons (Fsp3) is 0.963. The van der Waals surface area contributed by atoms with E-state index < -0.39 is 0 Å². The molecule has 4 unspecified atom stereocenters. The number of esters is 1. The van der Waals surface area contributed by atoms with Crippen molar-refractivity contribution in [2.24, 2.45) is 29.6 Å². The Labute approximate surface area is 180 Å². The third-order valence-corrected chi connectivity index (χ3v) is 8.60. The highest BCUT2D eigenvalue weighted by Crippen LogP contribution is 2.53. The van der Waals surface area contributed by atoms with E-state index in [1.807, 2.05) is 0 Å². The first kappa shape index (κ1) is 23.1. The van der Waals surface area contributed by atoms with Crippen LogP contribution in [-0.4, -0.2) is 12.1 Å². The van der Waals surface area contributed by atoms with E-state index in [4.69, 9.17) is 4.74 Å². The maximum absolute atomic E-state index is 12.3. The van der Waals surface area contributed by atoms with E-state index >= 15 is 0 Å². The van der Waals surface area contributed by atoms with Crippen molar-refractivity contribution < 1.29 is 9.53 Å². The Morgan fingerprint density at radius 2 is 1.38 bits per heavy atom. The summed E-state index contributed by atoms with van der Waals surface area (Å²) in [4.78, 5) is 12.3. The Morgan fingerprint density at radius 1 is 0.724 bits per heavy atom. The lowest BCUT2D eigenvalue weighted by Crippen LogP contribution is -2.43. The van der Waals surface area contributed by atoms with Gasteiger partial charge < -0.3 is 4.74 Å². The van der Waals surface area contributed by atoms with Crippen LogP contribution in [0, 0.1) is 29.6 Å². The van der Waals surface area contributed by atoms with Crippen molar-refractivity contribution in [2.45, 2.75) is 136 Å². The highest BCUT2D eigenvalue weighted by molar-refractivity contribution is 5.69. The molecule has 3 saturated carbocycles. The molecular formula is C27H48O2. The predicted octanol–water partition coefficient (Wildman–Crippen LogP) is 8.08. The van der Waals surface area contributed by atoms with Crippen LogP contribution in [0.1, 0.15) is 129 Å². The largest absolute Gasteiger partial charge is 0.462 e. The highest BCUT2D eigenvalue weighted by atomic mass is 16.5. The molecule has 2 heteroatoms. The molecule has 2 nitrogen and oxygen atoms in total. The van der Waals surface area contributed by atoms with Gasteiger partial charge >= 0.3 is 5.97 Å². The number of hydrogen-bond acceptors (Lipinski definition) is 2. The molecule has 0 spiro atoms. The Morgan fingerprint density at radius 3 is 2.14 bits per heavy atom. The maximum Gasteiger partial charge on any atom is 0.306 e. The van der Waals surface area contributed by atoms with Crippen LogP contribution >= 0.6 is 0 Å². The maximum atomic E-state index is 12.3.